The molecule has 4 rings (SSSR count). The van der Waals surface area contributed by atoms with Crippen molar-refractivity contribution in [2.75, 3.05) is 19.0 Å². The van der Waals surface area contributed by atoms with Gasteiger partial charge in [-0.2, -0.15) is 5.26 Å². The first-order valence-corrected chi connectivity index (χ1v) is 12.0. The van der Waals surface area contributed by atoms with Crippen molar-refractivity contribution in [1.82, 2.24) is 15.2 Å². The molecule has 1 aliphatic rings. The lowest BCUT2D eigenvalue weighted by Gasteiger charge is -2.28. The van der Waals surface area contributed by atoms with Crippen LogP contribution in [0.1, 0.15) is 46.6 Å². The molecule has 0 radical (unpaired) electrons. The van der Waals surface area contributed by atoms with E-state index >= 15 is 0 Å². The highest BCUT2D eigenvalue weighted by molar-refractivity contribution is 7.16. The number of ether oxygens (including phenoxy) is 1. The van der Waals surface area contributed by atoms with Crippen LogP contribution in [0.5, 0.6) is 5.75 Å². The van der Waals surface area contributed by atoms with Gasteiger partial charge in [0.05, 0.1) is 25.3 Å². The van der Waals surface area contributed by atoms with Gasteiger partial charge in [0.15, 0.2) is 0 Å². The summed E-state index contributed by atoms with van der Waals surface area (Å²) in [5, 5.41) is 16.2. The summed E-state index contributed by atoms with van der Waals surface area (Å²) in [6, 6.07) is 13.4. The minimum atomic E-state index is -0.150. The zero-order valence-corrected chi connectivity index (χ0v) is 20.0. The summed E-state index contributed by atoms with van der Waals surface area (Å²) in [6.45, 7) is 2.86. The Labute approximate surface area is 202 Å². The van der Waals surface area contributed by atoms with Gasteiger partial charge in [-0.1, -0.05) is 12.1 Å². The summed E-state index contributed by atoms with van der Waals surface area (Å²) < 4.78 is 5.23. The first kappa shape index (κ1) is 23.4. The normalized spacial score (nSPS) is 13.5. The molecule has 3 heterocycles. The molecule has 1 unspecified atom stereocenters. The van der Waals surface area contributed by atoms with Gasteiger partial charge in [-0.3, -0.25) is 4.79 Å². The topological polar surface area (TPSA) is 110 Å². The summed E-state index contributed by atoms with van der Waals surface area (Å²) >= 11 is 1.38. The Morgan fingerprint density at radius 2 is 2.18 bits per heavy atom. The first-order valence-electron chi connectivity index (χ1n) is 11.1. The monoisotopic (exact) mass is 477 g/mol. The van der Waals surface area contributed by atoms with Crippen molar-refractivity contribution in [1.29, 1.82) is 5.26 Å². The molecule has 8 nitrogen and oxygen atoms in total. The summed E-state index contributed by atoms with van der Waals surface area (Å²) in [5.74, 6) is 0.610. The van der Waals surface area contributed by atoms with Crippen molar-refractivity contribution < 1.29 is 14.3 Å². The van der Waals surface area contributed by atoms with Crippen molar-refractivity contribution >= 4 is 28.3 Å². The fraction of sp³-hybridized carbons (Fsp3) is 0.320. The Kier molecular flexibility index (Phi) is 7.18. The van der Waals surface area contributed by atoms with Crippen LogP contribution in [-0.2, 0) is 24.2 Å². The van der Waals surface area contributed by atoms with E-state index in [1.807, 2.05) is 49.5 Å². The predicted molar refractivity (Wildman–Crippen MR) is 131 cm³/mol. The van der Waals surface area contributed by atoms with Gasteiger partial charge in [-0.25, -0.2) is 4.79 Å². The Morgan fingerprint density at radius 3 is 2.91 bits per heavy atom. The standard InChI is InChI=1S/C25H27N5O3S/c1-16(21-7-4-11-27-21)28-25(32)30-12-10-19-20(14-26)24(34-22(19)15-30)29-23(31)9-8-17-5-3-6-18(13-17)33-2/h3-7,11,13,16,27H,8-10,12,15H2,1-2H3,(H,28,32)(H,29,31). The average molecular weight is 478 g/mol. The van der Waals surface area contributed by atoms with Crippen LogP contribution in [0, 0.1) is 11.3 Å². The maximum atomic E-state index is 12.8. The zero-order chi connectivity index (χ0) is 24.1. The molecular formula is C25H27N5O3S. The lowest BCUT2D eigenvalue weighted by atomic mass is 10.0. The molecule has 0 bridgehead atoms. The van der Waals surface area contributed by atoms with Gasteiger partial charge in [0.2, 0.25) is 5.91 Å². The highest BCUT2D eigenvalue weighted by Crippen LogP contribution is 2.37. The quantitative estimate of drug-likeness (QED) is 0.470. The van der Waals surface area contributed by atoms with Crippen LogP contribution in [-0.4, -0.2) is 35.5 Å². The number of carbonyl (C=O) groups excluding carboxylic acids is 2. The number of methoxy groups -OCH3 is 1. The number of hydrogen-bond acceptors (Lipinski definition) is 5. The van der Waals surface area contributed by atoms with Gasteiger partial charge in [-0.05, 0) is 55.2 Å². The lowest BCUT2D eigenvalue weighted by Crippen LogP contribution is -2.43. The van der Waals surface area contributed by atoms with Crippen LogP contribution >= 0.6 is 11.3 Å². The molecule has 3 N–H and O–H groups in total. The van der Waals surface area contributed by atoms with Gasteiger partial charge < -0.3 is 25.3 Å². The van der Waals surface area contributed by atoms with Crippen LogP contribution in [0.25, 0.3) is 0 Å². The van der Waals surface area contributed by atoms with E-state index in [0.717, 1.165) is 27.4 Å². The molecule has 34 heavy (non-hydrogen) atoms. The number of nitriles is 1. The molecule has 1 aromatic carbocycles. The number of aryl methyl sites for hydroxylation is 1. The van der Waals surface area contributed by atoms with Gasteiger partial charge >= 0.3 is 6.03 Å². The molecule has 2 aromatic heterocycles. The van der Waals surface area contributed by atoms with Crippen LogP contribution in [0.4, 0.5) is 9.80 Å². The Bertz CT molecular complexity index is 1210. The third kappa shape index (κ3) is 5.24. The van der Waals surface area contributed by atoms with Crippen molar-refractivity contribution in [2.24, 2.45) is 0 Å². The number of carbonyl (C=O) groups is 2. The minimum Gasteiger partial charge on any atom is -0.497 e. The molecule has 9 heteroatoms. The number of anilines is 1. The highest BCUT2D eigenvalue weighted by atomic mass is 32.1. The van der Waals surface area contributed by atoms with E-state index in [-0.39, 0.29) is 18.0 Å². The Morgan fingerprint density at radius 1 is 1.32 bits per heavy atom. The molecule has 0 saturated carbocycles. The number of aromatic nitrogens is 1. The highest BCUT2D eigenvalue weighted by Gasteiger charge is 2.28. The van der Waals surface area contributed by atoms with E-state index in [9.17, 15) is 14.9 Å². The molecular weight excluding hydrogens is 450 g/mol. The number of benzene rings is 1. The van der Waals surface area contributed by atoms with E-state index in [2.05, 4.69) is 21.7 Å². The number of aromatic amines is 1. The lowest BCUT2D eigenvalue weighted by molar-refractivity contribution is -0.116. The Hall–Kier alpha value is -3.77. The van der Waals surface area contributed by atoms with E-state index in [4.69, 9.17) is 4.74 Å². The Balaban J connectivity index is 1.38. The smallest absolute Gasteiger partial charge is 0.318 e. The van der Waals surface area contributed by atoms with Crippen molar-refractivity contribution in [3.63, 3.8) is 0 Å². The SMILES string of the molecule is COc1cccc(CCC(=O)Nc2sc3c(c2C#N)CCN(C(=O)NC(C)c2ccc[nH]2)C3)c1. The largest absolute Gasteiger partial charge is 0.497 e. The molecule has 3 amide bonds. The van der Waals surface area contributed by atoms with Crippen LogP contribution in [0.15, 0.2) is 42.6 Å². The number of hydrogen-bond donors (Lipinski definition) is 3. The zero-order valence-electron chi connectivity index (χ0n) is 19.2. The molecule has 3 aromatic rings. The molecule has 176 valence electrons. The molecule has 0 aliphatic carbocycles. The van der Waals surface area contributed by atoms with Crippen molar-refractivity contribution in [3.05, 3.63) is 69.9 Å². The summed E-state index contributed by atoms with van der Waals surface area (Å²) in [7, 11) is 1.61. The number of fused-ring (bicyclic) bond motifs is 1. The number of amides is 3. The fourth-order valence-corrected chi connectivity index (χ4v) is 5.26. The van der Waals surface area contributed by atoms with Gasteiger partial charge in [0.1, 0.15) is 16.8 Å². The second kappa shape index (κ2) is 10.4. The van der Waals surface area contributed by atoms with Gasteiger partial charge in [-0.15, -0.1) is 11.3 Å². The van der Waals surface area contributed by atoms with Crippen LogP contribution in [0.2, 0.25) is 0 Å². The third-order valence-electron chi connectivity index (χ3n) is 5.91. The fourth-order valence-electron chi connectivity index (χ4n) is 4.03. The summed E-state index contributed by atoms with van der Waals surface area (Å²) in [4.78, 5) is 31.2. The molecule has 1 aliphatic heterocycles. The molecule has 0 saturated heterocycles. The van der Waals surface area contributed by atoms with Crippen molar-refractivity contribution in [2.45, 2.75) is 38.8 Å². The maximum absolute atomic E-state index is 12.8. The number of nitrogens with zero attached hydrogens (tertiary/aromatic N) is 2. The number of urea groups is 1. The number of thiophene rings is 1. The van der Waals surface area contributed by atoms with Crippen LogP contribution < -0.4 is 15.4 Å². The van der Waals surface area contributed by atoms with E-state index in [1.165, 1.54) is 11.3 Å². The average Bonchev–Trinajstić information content (AvgIpc) is 3.50. The number of nitrogens with one attached hydrogen (secondary N) is 3. The van der Waals surface area contributed by atoms with Crippen LogP contribution in [0.3, 0.4) is 0 Å². The van der Waals surface area contributed by atoms with E-state index in [1.54, 1.807) is 12.0 Å². The third-order valence-corrected chi connectivity index (χ3v) is 7.04. The summed E-state index contributed by atoms with van der Waals surface area (Å²) in [5.41, 5.74) is 3.38. The minimum absolute atomic E-state index is 0.138. The second-order valence-electron chi connectivity index (χ2n) is 8.19. The maximum Gasteiger partial charge on any atom is 0.318 e. The summed E-state index contributed by atoms with van der Waals surface area (Å²) in [6.07, 6.45) is 3.28. The number of rotatable bonds is 7. The van der Waals surface area contributed by atoms with E-state index in [0.29, 0.717) is 42.9 Å². The van der Waals surface area contributed by atoms with E-state index < -0.39 is 0 Å². The second-order valence-corrected chi connectivity index (χ2v) is 9.29. The van der Waals surface area contributed by atoms with Gasteiger partial charge in [0.25, 0.3) is 0 Å². The first-order chi connectivity index (χ1) is 16.5. The van der Waals surface area contributed by atoms with Crippen molar-refractivity contribution in [3.8, 4) is 11.8 Å². The molecule has 0 fully saturated rings. The van der Waals surface area contributed by atoms with Gasteiger partial charge in [0, 0.05) is 29.7 Å². The number of H-pyrrole nitrogens is 1. The molecule has 1 atom stereocenters. The molecule has 0 spiro atoms. The predicted octanol–water partition coefficient (Wildman–Crippen LogP) is 4.36.